The van der Waals surface area contributed by atoms with Crippen molar-refractivity contribution >= 4 is 17.7 Å². The standard InChI is InChI=1S/C7H12N2OS/c1-2-6(10)9-5-7-8-3-4-11-7/h3-4,7-8H,2,5H2,1H3,(H,9,10). The van der Waals surface area contributed by atoms with Gasteiger partial charge in [0, 0.05) is 19.2 Å². The Morgan fingerprint density at radius 1 is 1.82 bits per heavy atom. The third-order valence-electron chi connectivity index (χ3n) is 1.40. The molecular formula is C7H12N2OS. The number of carbonyl (C=O) groups excluding carboxylic acids is 1. The van der Waals surface area contributed by atoms with E-state index in [1.165, 1.54) is 0 Å². The number of amides is 1. The normalized spacial score (nSPS) is 21.4. The van der Waals surface area contributed by atoms with Crippen LogP contribution in [0.1, 0.15) is 13.3 Å². The quantitative estimate of drug-likeness (QED) is 0.656. The summed E-state index contributed by atoms with van der Waals surface area (Å²) < 4.78 is 0. The van der Waals surface area contributed by atoms with Crippen LogP contribution in [0.15, 0.2) is 11.6 Å². The molecule has 1 rings (SSSR count). The maximum absolute atomic E-state index is 10.8. The first kappa shape index (κ1) is 8.46. The molecule has 0 aromatic rings. The Labute approximate surface area is 70.6 Å². The van der Waals surface area contributed by atoms with E-state index in [1.54, 1.807) is 11.8 Å². The van der Waals surface area contributed by atoms with Crippen molar-refractivity contribution in [1.29, 1.82) is 0 Å². The second kappa shape index (κ2) is 4.28. The van der Waals surface area contributed by atoms with E-state index in [4.69, 9.17) is 0 Å². The molecule has 0 saturated carbocycles. The molecule has 62 valence electrons. The van der Waals surface area contributed by atoms with Crippen molar-refractivity contribution in [2.45, 2.75) is 18.7 Å². The van der Waals surface area contributed by atoms with Crippen molar-refractivity contribution in [1.82, 2.24) is 10.6 Å². The summed E-state index contributed by atoms with van der Waals surface area (Å²) in [7, 11) is 0. The monoisotopic (exact) mass is 172 g/mol. The molecule has 1 aliphatic heterocycles. The van der Waals surface area contributed by atoms with Crippen LogP contribution in [0.3, 0.4) is 0 Å². The van der Waals surface area contributed by atoms with Crippen molar-refractivity contribution in [3.8, 4) is 0 Å². The van der Waals surface area contributed by atoms with Crippen LogP contribution in [-0.4, -0.2) is 17.8 Å². The highest BCUT2D eigenvalue weighted by atomic mass is 32.2. The number of rotatable bonds is 3. The summed E-state index contributed by atoms with van der Waals surface area (Å²) in [5.41, 5.74) is 0. The third kappa shape index (κ3) is 2.84. The van der Waals surface area contributed by atoms with Gasteiger partial charge < -0.3 is 10.6 Å². The Kier molecular flexibility index (Phi) is 3.29. The fraction of sp³-hybridized carbons (Fsp3) is 0.571. The van der Waals surface area contributed by atoms with Crippen LogP contribution in [0.2, 0.25) is 0 Å². The average molecular weight is 172 g/mol. The molecule has 0 aromatic carbocycles. The van der Waals surface area contributed by atoms with E-state index >= 15 is 0 Å². The van der Waals surface area contributed by atoms with Gasteiger partial charge in [0.2, 0.25) is 5.91 Å². The van der Waals surface area contributed by atoms with Crippen molar-refractivity contribution in [3.05, 3.63) is 11.6 Å². The highest BCUT2D eigenvalue weighted by molar-refractivity contribution is 8.02. The fourth-order valence-corrected chi connectivity index (χ4v) is 1.44. The zero-order valence-corrected chi connectivity index (χ0v) is 7.28. The maximum atomic E-state index is 10.8. The van der Waals surface area contributed by atoms with E-state index in [1.807, 2.05) is 18.5 Å². The van der Waals surface area contributed by atoms with Gasteiger partial charge in [-0.3, -0.25) is 4.79 Å². The number of hydrogen-bond acceptors (Lipinski definition) is 3. The molecular weight excluding hydrogens is 160 g/mol. The second-order valence-electron chi connectivity index (χ2n) is 2.25. The predicted octanol–water partition coefficient (Wildman–Crippen LogP) is 0.646. The van der Waals surface area contributed by atoms with Crippen LogP contribution in [0, 0.1) is 0 Å². The average Bonchev–Trinajstić information content (AvgIpc) is 2.52. The molecule has 0 spiro atoms. The summed E-state index contributed by atoms with van der Waals surface area (Å²) >= 11 is 1.69. The predicted molar refractivity (Wildman–Crippen MR) is 47.0 cm³/mol. The molecule has 1 amide bonds. The summed E-state index contributed by atoms with van der Waals surface area (Å²) in [6.45, 7) is 2.55. The van der Waals surface area contributed by atoms with Crippen LogP contribution in [0.25, 0.3) is 0 Å². The molecule has 1 heterocycles. The minimum absolute atomic E-state index is 0.110. The summed E-state index contributed by atoms with van der Waals surface area (Å²) in [5, 5.41) is 8.23. The summed E-state index contributed by atoms with van der Waals surface area (Å²) in [5.74, 6) is 0.110. The first-order valence-electron chi connectivity index (χ1n) is 3.66. The Morgan fingerprint density at radius 2 is 2.64 bits per heavy atom. The summed E-state index contributed by atoms with van der Waals surface area (Å²) in [4.78, 5) is 10.8. The Hall–Kier alpha value is -0.640. The topological polar surface area (TPSA) is 41.1 Å². The van der Waals surface area contributed by atoms with E-state index in [0.29, 0.717) is 18.3 Å². The Morgan fingerprint density at radius 3 is 3.18 bits per heavy atom. The van der Waals surface area contributed by atoms with Gasteiger partial charge in [-0.05, 0) is 5.41 Å². The molecule has 2 N–H and O–H groups in total. The highest BCUT2D eigenvalue weighted by Gasteiger charge is 2.09. The van der Waals surface area contributed by atoms with Crippen LogP contribution in [0.5, 0.6) is 0 Å². The van der Waals surface area contributed by atoms with Crippen molar-refractivity contribution < 1.29 is 4.79 Å². The lowest BCUT2D eigenvalue weighted by atomic mass is 10.4. The molecule has 0 radical (unpaired) electrons. The number of carbonyl (C=O) groups is 1. The van der Waals surface area contributed by atoms with Gasteiger partial charge in [-0.15, -0.1) is 11.8 Å². The Balaban J connectivity index is 2.07. The molecule has 0 fully saturated rings. The van der Waals surface area contributed by atoms with Crippen molar-refractivity contribution in [2.75, 3.05) is 6.54 Å². The van der Waals surface area contributed by atoms with Gasteiger partial charge in [-0.2, -0.15) is 0 Å². The lowest BCUT2D eigenvalue weighted by Crippen LogP contribution is -2.34. The first-order chi connectivity index (χ1) is 5.33. The molecule has 1 atom stereocenters. The summed E-state index contributed by atoms with van der Waals surface area (Å²) in [6.07, 6.45) is 2.46. The number of hydrogen-bond donors (Lipinski definition) is 2. The third-order valence-corrected chi connectivity index (χ3v) is 2.32. The van der Waals surface area contributed by atoms with Crippen LogP contribution >= 0.6 is 11.8 Å². The molecule has 0 bridgehead atoms. The van der Waals surface area contributed by atoms with E-state index < -0.39 is 0 Å². The number of nitrogens with one attached hydrogen (secondary N) is 2. The molecule has 4 heteroatoms. The van der Waals surface area contributed by atoms with Crippen molar-refractivity contribution in [3.63, 3.8) is 0 Å². The molecule has 1 aliphatic rings. The van der Waals surface area contributed by atoms with Crippen molar-refractivity contribution in [2.24, 2.45) is 0 Å². The first-order valence-corrected chi connectivity index (χ1v) is 4.60. The second-order valence-corrected chi connectivity index (χ2v) is 3.37. The van der Waals surface area contributed by atoms with Crippen LogP contribution in [-0.2, 0) is 4.79 Å². The van der Waals surface area contributed by atoms with Crippen LogP contribution in [0.4, 0.5) is 0 Å². The fourth-order valence-electron chi connectivity index (χ4n) is 0.759. The van der Waals surface area contributed by atoms with Gasteiger partial charge in [0.25, 0.3) is 0 Å². The van der Waals surface area contributed by atoms with E-state index in [2.05, 4.69) is 10.6 Å². The maximum Gasteiger partial charge on any atom is 0.219 e. The van der Waals surface area contributed by atoms with E-state index in [0.717, 1.165) is 0 Å². The smallest absolute Gasteiger partial charge is 0.219 e. The van der Waals surface area contributed by atoms with Gasteiger partial charge >= 0.3 is 0 Å². The highest BCUT2D eigenvalue weighted by Crippen LogP contribution is 2.13. The van der Waals surface area contributed by atoms with Gasteiger partial charge in [-0.1, -0.05) is 6.92 Å². The molecule has 1 unspecified atom stereocenters. The lowest BCUT2D eigenvalue weighted by molar-refractivity contribution is -0.120. The van der Waals surface area contributed by atoms with E-state index in [-0.39, 0.29) is 5.91 Å². The molecule has 0 aliphatic carbocycles. The van der Waals surface area contributed by atoms with Gasteiger partial charge in [0.1, 0.15) is 0 Å². The molecule has 3 nitrogen and oxygen atoms in total. The van der Waals surface area contributed by atoms with E-state index in [9.17, 15) is 4.79 Å². The minimum Gasteiger partial charge on any atom is -0.377 e. The minimum atomic E-state index is 0.110. The molecule has 0 aromatic heterocycles. The Bertz CT molecular complexity index is 162. The molecule has 0 saturated heterocycles. The zero-order chi connectivity index (χ0) is 8.10. The van der Waals surface area contributed by atoms with Gasteiger partial charge in [0.15, 0.2) is 0 Å². The number of thioether (sulfide) groups is 1. The van der Waals surface area contributed by atoms with Gasteiger partial charge in [-0.25, -0.2) is 0 Å². The largest absolute Gasteiger partial charge is 0.377 e. The van der Waals surface area contributed by atoms with Crippen LogP contribution < -0.4 is 10.6 Å². The zero-order valence-electron chi connectivity index (χ0n) is 6.46. The lowest BCUT2D eigenvalue weighted by Gasteiger charge is -2.10. The summed E-state index contributed by atoms with van der Waals surface area (Å²) in [6, 6.07) is 0. The SMILES string of the molecule is CCC(=O)NCC1NC=CS1. The molecule has 11 heavy (non-hydrogen) atoms. The van der Waals surface area contributed by atoms with Gasteiger partial charge in [0.05, 0.1) is 5.37 Å².